The monoisotopic (exact) mass is 349 g/mol. The van der Waals surface area contributed by atoms with E-state index in [2.05, 4.69) is 5.32 Å². The number of amides is 1. The van der Waals surface area contributed by atoms with Crippen LogP contribution in [0.25, 0.3) is 0 Å². The Morgan fingerprint density at radius 2 is 1.96 bits per heavy atom. The lowest BCUT2D eigenvalue weighted by Gasteiger charge is -2.16. The van der Waals surface area contributed by atoms with Crippen molar-refractivity contribution < 1.29 is 13.2 Å². The van der Waals surface area contributed by atoms with Crippen LogP contribution in [-0.2, 0) is 14.8 Å². The third-order valence-electron chi connectivity index (χ3n) is 3.13. The summed E-state index contributed by atoms with van der Waals surface area (Å²) in [5.41, 5.74) is 1.30. The average molecular weight is 349 g/mol. The van der Waals surface area contributed by atoms with Crippen LogP contribution >= 0.6 is 11.3 Å². The quantitative estimate of drug-likeness (QED) is 0.896. The minimum absolute atomic E-state index is 0.132. The van der Waals surface area contributed by atoms with Gasteiger partial charge in [-0.05, 0) is 30.5 Å². The Morgan fingerprint density at radius 1 is 1.30 bits per heavy atom. The Hall–Kier alpha value is -2.21. The molecule has 1 heterocycles. The molecule has 0 aliphatic carbocycles. The first-order valence-electron chi connectivity index (χ1n) is 6.65. The SMILES string of the molecule is Cc1ccc(S(=O)(=O)N(C)CC(=O)Nc2sccc2C#N)cc1. The highest BCUT2D eigenvalue weighted by Gasteiger charge is 2.23. The first-order valence-corrected chi connectivity index (χ1v) is 8.97. The van der Waals surface area contributed by atoms with Gasteiger partial charge in [-0.1, -0.05) is 17.7 Å². The van der Waals surface area contributed by atoms with Gasteiger partial charge in [0.2, 0.25) is 15.9 Å². The molecule has 120 valence electrons. The van der Waals surface area contributed by atoms with Gasteiger partial charge in [0, 0.05) is 7.05 Å². The number of rotatable bonds is 5. The Balaban J connectivity index is 2.09. The van der Waals surface area contributed by atoms with Crippen LogP contribution in [0.1, 0.15) is 11.1 Å². The number of benzene rings is 1. The lowest BCUT2D eigenvalue weighted by atomic mass is 10.2. The molecule has 0 saturated heterocycles. The second-order valence-corrected chi connectivity index (χ2v) is 7.86. The summed E-state index contributed by atoms with van der Waals surface area (Å²) in [5.74, 6) is -0.498. The second kappa shape index (κ2) is 6.91. The summed E-state index contributed by atoms with van der Waals surface area (Å²) in [6.07, 6.45) is 0. The van der Waals surface area contributed by atoms with Crippen molar-refractivity contribution in [3.63, 3.8) is 0 Å². The van der Waals surface area contributed by atoms with Gasteiger partial charge in [-0.15, -0.1) is 11.3 Å². The predicted molar refractivity (Wildman–Crippen MR) is 88.7 cm³/mol. The molecule has 1 aromatic carbocycles. The Labute approximate surface area is 139 Å². The Kier molecular flexibility index (Phi) is 5.15. The predicted octanol–water partition coefficient (Wildman–Crippen LogP) is 2.19. The average Bonchev–Trinajstić information content (AvgIpc) is 2.94. The summed E-state index contributed by atoms with van der Waals surface area (Å²) >= 11 is 1.21. The van der Waals surface area contributed by atoms with Crippen LogP contribution < -0.4 is 5.32 Å². The number of carbonyl (C=O) groups excluding carboxylic acids is 1. The van der Waals surface area contributed by atoms with E-state index in [9.17, 15) is 13.2 Å². The number of nitrogens with one attached hydrogen (secondary N) is 1. The molecule has 1 amide bonds. The highest BCUT2D eigenvalue weighted by atomic mass is 32.2. The van der Waals surface area contributed by atoms with Crippen LogP contribution in [0.5, 0.6) is 0 Å². The minimum atomic E-state index is -3.73. The molecule has 2 rings (SSSR count). The highest BCUT2D eigenvalue weighted by molar-refractivity contribution is 7.89. The number of nitrogens with zero attached hydrogens (tertiary/aromatic N) is 2. The normalized spacial score (nSPS) is 11.2. The van der Waals surface area contributed by atoms with Gasteiger partial charge < -0.3 is 5.32 Å². The number of likely N-dealkylation sites (N-methyl/N-ethyl adjacent to an activating group) is 1. The van der Waals surface area contributed by atoms with Crippen LogP contribution in [0.4, 0.5) is 5.00 Å². The topological polar surface area (TPSA) is 90.3 Å². The summed E-state index contributed by atoms with van der Waals surface area (Å²) in [5, 5.41) is 13.6. The Morgan fingerprint density at radius 3 is 2.57 bits per heavy atom. The molecule has 0 radical (unpaired) electrons. The van der Waals surface area contributed by atoms with Crippen LogP contribution in [0, 0.1) is 18.3 Å². The van der Waals surface area contributed by atoms with Gasteiger partial charge in [0.25, 0.3) is 0 Å². The van der Waals surface area contributed by atoms with Gasteiger partial charge in [0.1, 0.15) is 11.1 Å². The number of aryl methyl sites for hydroxylation is 1. The van der Waals surface area contributed by atoms with E-state index in [1.54, 1.807) is 23.6 Å². The second-order valence-electron chi connectivity index (χ2n) is 4.90. The maximum atomic E-state index is 12.4. The van der Waals surface area contributed by atoms with Crippen molar-refractivity contribution >= 4 is 32.3 Å². The third kappa shape index (κ3) is 3.96. The Bertz CT molecular complexity index is 849. The van der Waals surface area contributed by atoms with E-state index in [1.165, 1.54) is 30.5 Å². The number of carbonyl (C=O) groups is 1. The maximum absolute atomic E-state index is 12.4. The number of thiophene rings is 1. The fourth-order valence-corrected chi connectivity index (χ4v) is 3.72. The van der Waals surface area contributed by atoms with E-state index in [-0.39, 0.29) is 11.4 Å². The smallest absolute Gasteiger partial charge is 0.243 e. The molecule has 0 spiro atoms. The van der Waals surface area contributed by atoms with Crippen LogP contribution in [0.15, 0.2) is 40.6 Å². The fourth-order valence-electron chi connectivity index (χ4n) is 1.84. The first-order chi connectivity index (χ1) is 10.8. The molecule has 23 heavy (non-hydrogen) atoms. The maximum Gasteiger partial charge on any atom is 0.243 e. The van der Waals surface area contributed by atoms with Crippen LogP contribution in [-0.4, -0.2) is 32.2 Å². The molecule has 2 aromatic rings. The third-order valence-corrected chi connectivity index (χ3v) is 5.78. The van der Waals surface area contributed by atoms with Gasteiger partial charge in [-0.2, -0.15) is 9.57 Å². The van der Waals surface area contributed by atoms with Crippen LogP contribution in [0.2, 0.25) is 0 Å². The van der Waals surface area contributed by atoms with E-state index in [4.69, 9.17) is 5.26 Å². The molecule has 0 saturated carbocycles. The molecule has 0 aliphatic heterocycles. The zero-order valence-corrected chi connectivity index (χ0v) is 14.2. The van der Waals surface area contributed by atoms with Crippen molar-refractivity contribution in [1.82, 2.24) is 4.31 Å². The van der Waals surface area contributed by atoms with Crippen molar-refractivity contribution in [2.45, 2.75) is 11.8 Å². The zero-order valence-electron chi connectivity index (χ0n) is 12.6. The summed E-state index contributed by atoms with van der Waals surface area (Å²) < 4.78 is 25.8. The lowest BCUT2D eigenvalue weighted by molar-refractivity contribution is -0.116. The lowest BCUT2D eigenvalue weighted by Crippen LogP contribution is -2.34. The van der Waals surface area contributed by atoms with Crippen molar-refractivity contribution in [3.8, 4) is 6.07 Å². The number of nitriles is 1. The van der Waals surface area contributed by atoms with Crippen molar-refractivity contribution in [2.24, 2.45) is 0 Å². The molecule has 0 atom stereocenters. The zero-order chi connectivity index (χ0) is 17.0. The first kappa shape index (κ1) is 17.1. The number of hydrogen-bond donors (Lipinski definition) is 1. The van der Waals surface area contributed by atoms with Gasteiger partial charge in [-0.3, -0.25) is 4.79 Å². The fraction of sp³-hybridized carbons (Fsp3) is 0.200. The summed E-state index contributed by atoms with van der Waals surface area (Å²) in [7, 11) is -2.39. The molecule has 0 bridgehead atoms. The molecule has 0 aliphatic rings. The highest BCUT2D eigenvalue weighted by Crippen LogP contribution is 2.22. The summed E-state index contributed by atoms with van der Waals surface area (Å²) in [6, 6.07) is 9.96. The molecule has 0 fully saturated rings. The van der Waals surface area contributed by atoms with Gasteiger partial charge in [0.15, 0.2) is 0 Å². The summed E-state index contributed by atoms with van der Waals surface area (Å²) in [4.78, 5) is 12.1. The largest absolute Gasteiger partial charge is 0.315 e. The molecule has 1 aromatic heterocycles. The van der Waals surface area contributed by atoms with E-state index in [0.29, 0.717) is 10.6 Å². The van der Waals surface area contributed by atoms with Crippen molar-refractivity contribution in [3.05, 3.63) is 46.8 Å². The molecule has 1 N–H and O–H groups in total. The van der Waals surface area contributed by atoms with Crippen LogP contribution in [0.3, 0.4) is 0 Å². The van der Waals surface area contributed by atoms with Gasteiger partial charge in [-0.25, -0.2) is 8.42 Å². The molecule has 6 nitrogen and oxygen atoms in total. The minimum Gasteiger partial charge on any atom is -0.315 e. The van der Waals surface area contributed by atoms with Gasteiger partial charge in [0.05, 0.1) is 17.0 Å². The molecular weight excluding hydrogens is 334 g/mol. The molecular formula is C15H15N3O3S2. The summed E-state index contributed by atoms with van der Waals surface area (Å²) in [6.45, 7) is 1.53. The molecule has 0 unspecified atom stereocenters. The van der Waals surface area contributed by atoms with Crippen molar-refractivity contribution in [2.75, 3.05) is 18.9 Å². The van der Waals surface area contributed by atoms with Crippen molar-refractivity contribution in [1.29, 1.82) is 5.26 Å². The number of anilines is 1. The van der Waals surface area contributed by atoms with E-state index < -0.39 is 15.9 Å². The van der Waals surface area contributed by atoms with E-state index in [0.717, 1.165) is 9.87 Å². The number of hydrogen-bond acceptors (Lipinski definition) is 5. The van der Waals surface area contributed by atoms with E-state index in [1.807, 2.05) is 13.0 Å². The standard InChI is InChI=1S/C15H15N3O3S2/c1-11-3-5-13(6-4-11)23(20,21)18(2)10-14(19)17-15-12(9-16)7-8-22-15/h3-8H,10H2,1-2H3,(H,17,19). The van der Waals surface area contributed by atoms with Gasteiger partial charge >= 0.3 is 0 Å². The van der Waals surface area contributed by atoms with E-state index >= 15 is 0 Å². The number of sulfonamides is 1. The molecule has 8 heteroatoms.